The van der Waals surface area contributed by atoms with Crippen LogP contribution in [0.4, 0.5) is 0 Å². The molecule has 6 atom stereocenters. The summed E-state index contributed by atoms with van der Waals surface area (Å²) in [5, 5.41) is 0. The summed E-state index contributed by atoms with van der Waals surface area (Å²) in [5.74, 6) is 3.47. The van der Waals surface area contributed by atoms with Gasteiger partial charge in [-0.3, -0.25) is 0 Å². The minimum absolute atomic E-state index is 0.00429. The summed E-state index contributed by atoms with van der Waals surface area (Å²) in [6.07, 6.45) is -0.0387. The first-order valence-electron chi connectivity index (χ1n) is 19.2. The zero-order valence-electron chi connectivity index (χ0n) is 30.3. The van der Waals surface area contributed by atoms with Crippen LogP contribution in [0.2, 0.25) is 0 Å². The molecule has 286 valence electrons. The number of hydrogen-bond donors (Lipinski definition) is 0. The molecule has 1 aliphatic carbocycles. The molecule has 6 heterocycles. The van der Waals surface area contributed by atoms with Crippen LogP contribution in [0, 0.1) is 0 Å². The van der Waals surface area contributed by atoms with Crippen molar-refractivity contribution >= 4 is 0 Å². The number of benzene rings is 4. The van der Waals surface area contributed by atoms with Gasteiger partial charge >= 0.3 is 0 Å². The number of fused-ring (bicyclic) bond motifs is 3. The molecule has 0 radical (unpaired) electrons. The lowest BCUT2D eigenvalue weighted by molar-refractivity contribution is 0.215. The molecular weight excluding hydrogens is 708 g/mol. The van der Waals surface area contributed by atoms with E-state index in [1.54, 1.807) is 0 Å². The van der Waals surface area contributed by atoms with E-state index in [-0.39, 0.29) is 36.6 Å². The van der Waals surface area contributed by atoms with Gasteiger partial charge in [-0.2, -0.15) is 0 Å². The number of hydrogen-bond acceptors (Lipinski definition) is 12. The van der Waals surface area contributed by atoms with Gasteiger partial charge in [0, 0.05) is 0 Å². The highest BCUT2D eigenvalue weighted by atomic mass is 16.6. The van der Waals surface area contributed by atoms with Gasteiger partial charge in [0.25, 0.3) is 0 Å². The third-order valence-electron chi connectivity index (χ3n) is 10.8. The molecule has 12 heteroatoms. The molecule has 6 saturated heterocycles. The molecule has 12 nitrogen and oxygen atoms in total. The second kappa shape index (κ2) is 13.9. The molecule has 0 aromatic heterocycles. The fraction of sp³-hybridized carbons (Fsp3) is 0.442. The predicted molar refractivity (Wildman–Crippen MR) is 195 cm³/mol. The van der Waals surface area contributed by atoms with E-state index in [4.69, 9.17) is 56.8 Å². The normalized spacial score (nSPS) is 26.6. The maximum atomic E-state index is 6.94. The second-order valence-electron chi connectivity index (χ2n) is 15.0. The van der Waals surface area contributed by atoms with Gasteiger partial charge in [-0.15, -0.1) is 0 Å². The molecular formula is C43H42O12. The zero-order valence-corrected chi connectivity index (χ0v) is 30.3. The van der Waals surface area contributed by atoms with Crippen LogP contribution in [0.5, 0.6) is 34.5 Å². The maximum Gasteiger partial charge on any atom is 0.169 e. The van der Waals surface area contributed by atoms with Gasteiger partial charge in [0.1, 0.15) is 87.8 Å². The van der Waals surface area contributed by atoms with Crippen molar-refractivity contribution in [1.82, 2.24) is 0 Å². The van der Waals surface area contributed by atoms with Crippen LogP contribution in [0.1, 0.15) is 22.3 Å². The SMILES string of the molecule is c1ccc2c(c1)-c1ccccc1C2(c1c(OCC2CO2)ccc(OCC2CO2)c1OCC1CO1)c1c(OCC2CO2)ccc(OCC2CO2)c1OCC1CO1. The standard InChI is InChI=1S/C43H42O12/c1-3-7-33-31(5-1)32-6-2-4-8-34(32)43(33,39-35(50-19-25-13-44-25)9-11-37(52-21-27-15-46-27)41(39)54-23-29-17-48-29)40-36(51-20-26-14-45-26)10-12-38(53-22-28-16-47-28)42(40)55-24-30-18-49-30/h1-12,25-30H,13-24H2. The Morgan fingerprint density at radius 3 is 1.02 bits per heavy atom. The molecule has 0 amide bonds. The topological polar surface area (TPSA) is 131 Å². The summed E-state index contributed by atoms with van der Waals surface area (Å²) in [7, 11) is 0. The molecule has 7 aliphatic rings. The minimum atomic E-state index is -1.16. The molecule has 0 bridgehead atoms. The van der Waals surface area contributed by atoms with Crippen molar-refractivity contribution < 1.29 is 56.8 Å². The van der Waals surface area contributed by atoms with Gasteiger partial charge in [0.05, 0.1) is 56.2 Å². The van der Waals surface area contributed by atoms with Crippen LogP contribution < -0.4 is 28.4 Å². The molecule has 55 heavy (non-hydrogen) atoms. The first kappa shape index (κ1) is 33.8. The zero-order chi connectivity index (χ0) is 36.3. The van der Waals surface area contributed by atoms with E-state index in [0.29, 0.717) is 114 Å². The van der Waals surface area contributed by atoms with Crippen LogP contribution in [-0.4, -0.2) is 116 Å². The second-order valence-corrected chi connectivity index (χ2v) is 15.0. The average molecular weight is 751 g/mol. The fourth-order valence-corrected chi connectivity index (χ4v) is 7.52. The van der Waals surface area contributed by atoms with Gasteiger partial charge in [-0.05, 0) is 46.5 Å². The van der Waals surface area contributed by atoms with Gasteiger partial charge < -0.3 is 56.8 Å². The molecule has 6 aliphatic heterocycles. The summed E-state index contributed by atoms with van der Waals surface area (Å²) in [5.41, 5.74) is 4.48. The molecule has 6 fully saturated rings. The van der Waals surface area contributed by atoms with E-state index in [1.807, 2.05) is 24.3 Å². The highest BCUT2D eigenvalue weighted by Gasteiger charge is 2.54. The fourth-order valence-electron chi connectivity index (χ4n) is 7.52. The number of ether oxygens (including phenoxy) is 12. The van der Waals surface area contributed by atoms with Crippen LogP contribution in [0.15, 0.2) is 72.8 Å². The number of rotatable bonds is 20. The van der Waals surface area contributed by atoms with Crippen LogP contribution in [0.3, 0.4) is 0 Å². The summed E-state index contributed by atoms with van der Waals surface area (Å²) >= 11 is 0. The summed E-state index contributed by atoms with van der Waals surface area (Å²) in [6, 6.07) is 24.8. The van der Waals surface area contributed by atoms with E-state index < -0.39 is 5.41 Å². The lowest BCUT2D eigenvalue weighted by Gasteiger charge is -2.38. The Labute approximate surface area is 318 Å². The molecule has 0 spiro atoms. The first-order valence-corrected chi connectivity index (χ1v) is 19.2. The van der Waals surface area contributed by atoms with Crippen LogP contribution >= 0.6 is 0 Å². The van der Waals surface area contributed by atoms with Crippen LogP contribution in [-0.2, 0) is 33.8 Å². The highest BCUT2D eigenvalue weighted by Crippen LogP contribution is 2.65. The smallest absolute Gasteiger partial charge is 0.169 e. The third-order valence-corrected chi connectivity index (χ3v) is 10.8. The number of epoxide rings is 6. The largest absolute Gasteiger partial charge is 0.490 e. The minimum Gasteiger partial charge on any atom is -0.490 e. The van der Waals surface area contributed by atoms with E-state index in [1.165, 1.54) is 0 Å². The summed E-state index contributed by atoms with van der Waals surface area (Å²) < 4.78 is 74.6. The highest BCUT2D eigenvalue weighted by molar-refractivity contribution is 5.90. The molecule has 6 unspecified atom stereocenters. The van der Waals surface area contributed by atoms with Gasteiger partial charge in [-0.1, -0.05) is 48.5 Å². The van der Waals surface area contributed by atoms with Crippen molar-refractivity contribution in [2.24, 2.45) is 0 Å². The molecule has 0 N–H and O–H groups in total. The van der Waals surface area contributed by atoms with E-state index >= 15 is 0 Å². The van der Waals surface area contributed by atoms with Crippen molar-refractivity contribution in [1.29, 1.82) is 0 Å². The Bertz CT molecular complexity index is 1910. The third kappa shape index (κ3) is 6.85. The van der Waals surface area contributed by atoms with Crippen molar-refractivity contribution in [2.45, 2.75) is 42.0 Å². The summed E-state index contributed by atoms with van der Waals surface area (Å²) in [6.45, 7) is 5.98. The Morgan fingerprint density at radius 2 is 0.673 bits per heavy atom. The molecule has 4 aromatic carbocycles. The quantitative estimate of drug-likeness (QED) is 0.102. The van der Waals surface area contributed by atoms with Crippen molar-refractivity contribution in [3.8, 4) is 45.6 Å². The summed E-state index contributed by atoms with van der Waals surface area (Å²) in [4.78, 5) is 0. The molecule has 11 rings (SSSR count). The van der Waals surface area contributed by atoms with E-state index in [0.717, 1.165) is 33.4 Å². The Morgan fingerprint density at radius 1 is 0.382 bits per heavy atom. The van der Waals surface area contributed by atoms with Crippen molar-refractivity contribution in [3.05, 3.63) is 95.1 Å². The molecule has 4 aromatic rings. The predicted octanol–water partition coefficient (Wildman–Crippen LogP) is 4.72. The first-order chi connectivity index (χ1) is 27.2. The maximum absolute atomic E-state index is 6.94. The van der Waals surface area contributed by atoms with Gasteiger partial charge in [-0.25, -0.2) is 0 Å². The Hall–Kier alpha value is -4.56. The lowest BCUT2D eigenvalue weighted by Crippen LogP contribution is -2.33. The molecule has 0 saturated carbocycles. The monoisotopic (exact) mass is 750 g/mol. The van der Waals surface area contributed by atoms with Crippen LogP contribution in [0.25, 0.3) is 11.1 Å². The van der Waals surface area contributed by atoms with E-state index in [2.05, 4.69) is 48.5 Å². The lowest BCUT2D eigenvalue weighted by atomic mass is 9.66. The van der Waals surface area contributed by atoms with Crippen molar-refractivity contribution in [2.75, 3.05) is 79.3 Å². The van der Waals surface area contributed by atoms with Gasteiger partial charge in [0.15, 0.2) is 23.0 Å². The van der Waals surface area contributed by atoms with E-state index in [9.17, 15) is 0 Å². The Balaban J connectivity index is 1.22. The van der Waals surface area contributed by atoms with Gasteiger partial charge in [0.2, 0.25) is 0 Å². The van der Waals surface area contributed by atoms with Crippen molar-refractivity contribution in [3.63, 3.8) is 0 Å². The average Bonchev–Trinajstić information content (AvgIpc) is 4.01. The Kier molecular flexibility index (Phi) is 8.51.